The van der Waals surface area contributed by atoms with Crippen molar-refractivity contribution in [2.24, 2.45) is 0 Å². The molecule has 2 aromatic rings. The van der Waals surface area contributed by atoms with Crippen LogP contribution in [-0.2, 0) is 6.54 Å². The quantitative estimate of drug-likeness (QED) is 0.808. The fourth-order valence-corrected chi connectivity index (χ4v) is 1.78. The van der Waals surface area contributed by atoms with Crippen LogP contribution in [-0.4, -0.2) is 18.1 Å². The van der Waals surface area contributed by atoms with Gasteiger partial charge in [0, 0.05) is 19.2 Å². The van der Waals surface area contributed by atoms with Gasteiger partial charge in [-0.25, -0.2) is 4.79 Å². The Balaban J connectivity index is 2.20. The summed E-state index contributed by atoms with van der Waals surface area (Å²) in [6.07, 6.45) is 3.28. The summed E-state index contributed by atoms with van der Waals surface area (Å²) in [5.74, 6) is -0.981. The van der Waals surface area contributed by atoms with E-state index >= 15 is 0 Å². The molecule has 0 saturated carbocycles. The van der Waals surface area contributed by atoms with Crippen molar-refractivity contribution in [2.75, 3.05) is 17.7 Å². The van der Waals surface area contributed by atoms with Gasteiger partial charge in [-0.15, -0.1) is 0 Å². The van der Waals surface area contributed by atoms with Gasteiger partial charge in [-0.2, -0.15) is 0 Å². The molecule has 1 aromatic heterocycles. The van der Waals surface area contributed by atoms with Gasteiger partial charge in [-0.3, -0.25) is 0 Å². The van der Waals surface area contributed by atoms with E-state index in [0.717, 1.165) is 11.3 Å². The predicted octanol–water partition coefficient (Wildman–Crippen LogP) is 2.20. The molecule has 0 radical (unpaired) electrons. The minimum Gasteiger partial charge on any atom is -0.478 e. The zero-order valence-corrected chi connectivity index (χ0v) is 9.96. The Morgan fingerprint density at radius 3 is 2.78 bits per heavy atom. The van der Waals surface area contributed by atoms with Crippen molar-refractivity contribution >= 4 is 17.3 Å². The highest BCUT2D eigenvalue weighted by Gasteiger charge is 2.10. The molecule has 1 heterocycles. The molecule has 3 N–H and O–H groups in total. The summed E-state index contributed by atoms with van der Waals surface area (Å²) < 4.78 is 5.00. The third kappa shape index (κ3) is 2.45. The minimum absolute atomic E-state index is 0.188. The van der Waals surface area contributed by atoms with Crippen molar-refractivity contribution < 1.29 is 14.3 Å². The van der Waals surface area contributed by atoms with Gasteiger partial charge in [0.1, 0.15) is 0 Å². The Morgan fingerprint density at radius 1 is 1.44 bits per heavy atom. The zero-order valence-electron chi connectivity index (χ0n) is 9.96. The molecule has 0 saturated heterocycles. The Kier molecular flexibility index (Phi) is 3.23. The first kappa shape index (κ1) is 12.0. The van der Waals surface area contributed by atoms with Gasteiger partial charge >= 0.3 is 5.97 Å². The molecule has 2 rings (SSSR count). The van der Waals surface area contributed by atoms with E-state index in [1.807, 2.05) is 18.0 Å². The standard InChI is InChI=1S/C13H14N2O3/c1-15(7-9-4-5-18-8-9)12-3-2-10(13(16)17)6-11(12)14/h2-6,8H,7,14H2,1H3,(H,16,17). The SMILES string of the molecule is CN(Cc1ccoc1)c1ccc(C(=O)O)cc1N. The summed E-state index contributed by atoms with van der Waals surface area (Å²) in [7, 11) is 1.89. The van der Waals surface area contributed by atoms with Crippen molar-refractivity contribution in [1.29, 1.82) is 0 Å². The molecule has 18 heavy (non-hydrogen) atoms. The topological polar surface area (TPSA) is 79.7 Å². The molecule has 0 amide bonds. The van der Waals surface area contributed by atoms with Gasteiger partial charge < -0.3 is 20.2 Å². The molecule has 0 fully saturated rings. The van der Waals surface area contributed by atoms with E-state index in [4.69, 9.17) is 15.3 Å². The lowest BCUT2D eigenvalue weighted by molar-refractivity contribution is 0.0697. The zero-order chi connectivity index (χ0) is 13.1. The maximum atomic E-state index is 10.8. The van der Waals surface area contributed by atoms with Crippen LogP contribution < -0.4 is 10.6 Å². The highest BCUT2D eigenvalue weighted by Crippen LogP contribution is 2.24. The minimum atomic E-state index is -0.981. The number of furan rings is 1. The smallest absolute Gasteiger partial charge is 0.335 e. The van der Waals surface area contributed by atoms with Crippen LogP contribution in [0, 0.1) is 0 Å². The third-order valence-electron chi connectivity index (χ3n) is 2.69. The van der Waals surface area contributed by atoms with Crippen molar-refractivity contribution in [3.05, 3.63) is 47.9 Å². The predicted molar refractivity (Wildman–Crippen MR) is 68.6 cm³/mol. The number of benzene rings is 1. The number of rotatable bonds is 4. The van der Waals surface area contributed by atoms with E-state index < -0.39 is 5.97 Å². The maximum Gasteiger partial charge on any atom is 0.335 e. The number of anilines is 2. The molecular formula is C13H14N2O3. The summed E-state index contributed by atoms with van der Waals surface area (Å²) in [6, 6.07) is 6.58. The van der Waals surface area contributed by atoms with E-state index in [-0.39, 0.29) is 5.56 Å². The Hall–Kier alpha value is -2.43. The number of carbonyl (C=O) groups is 1. The molecule has 0 spiro atoms. The summed E-state index contributed by atoms with van der Waals surface area (Å²) in [4.78, 5) is 12.7. The molecule has 5 heteroatoms. The second-order valence-electron chi connectivity index (χ2n) is 4.07. The second-order valence-corrected chi connectivity index (χ2v) is 4.07. The molecule has 0 atom stereocenters. The molecule has 0 aliphatic rings. The monoisotopic (exact) mass is 246 g/mol. The fourth-order valence-electron chi connectivity index (χ4n) is 1.78. The Labute approximate surface area is 104 Å². The normalized spacial score (nSPS) is 10.3. The van der Waals surface area contributed by atoms with E-state index in [0.29, 0.717) is 12.2 Å². The van der Waals surface area contributed by atoms with Crippen molar-refractivity contribution in [2.45, 2.75) is 6.54 Å². The molecule has 0 unspecified atom stereocenters. The van der Waals surface area contributed by atoms with Gasteiger partial charge in [-0.05, 0) is 24.3 Å². The van der Waals surface area contributed by atoms with E-state index in [2.05, 4.69) is 0 Å². The van der Waals surface area contributed by atoms with Crippen molar-refractivity contribution in [3.8, 4) is 0 Å². The molecule has 0 aliphatic heterocycles. The molecule has 5 nitrogen and oxygen atoms in total. The molecule has 0 bridgehead atoms. The Morgan fingerprint density at radius 2 is 2.22 bits per heavy atom. The molecule has 0 aliphatic carbocycles. The number of hydrogen-bond acceptors (Lipinski definition) is 4. The largest absolute Gasteiger partial charge is 0.478 e. The average molecular weight is 246 g/mol. The fraction of sp³-hybridized carbons (Fsp3) is 0.154. The lowest BCUT2D eigenvalue weighted by Gasteiger charge is -2.20. The van der Waals surface area contributed by atoms with Crippen LogP contribution in [0.4, 0.5) is 11.4 Å². The summed E-state index contributed by atoms with van der Waals surface area (Å²) >= 11 is 0. The maximum absolute atomic E-state index is 10.8. The average Bonchev–Trinajstić information content (AvgIpc) is 2.81. The molecular weight excluding hydrogens is 232 g/mol. The van der Waals surface area contributed by atoms with Gasteiger partial charge in [0.05, 0.1) is 29.5 Å². The number of carboxylic acids is 1. The van der Waals surface area contributed by atoms with E-state index in [1.165, 1.54) is 6.07 Å². The van der Waals surface area contributed by atoms with Crippen LogP contribution in [0.5, 0.6) is 0 Å². The molecule has 1 aromatic carbocycles. The number of carboxylic acid groups (broad SMARTS) is 1. The van der Waals surface area contributed by atoms with Crippen LogP contribution in [0.2, 0.25) is 0 Å². The lowest BCUT2D eigenvalue weighted by atomic mass is 10.1. The summed E-state index contributed by atoms with van der Waals surface area (Å²) in [5.41, 5.74) is 8.31. The van der Waals surface area contributed by atoms with E-state index in [9.17, 15) is 4.79 Å². The van der Waals surface area contributed by atoms with E-state index in [1.54, 1.807) is 24.7 Å². The summed E-state index contributed by atoms with van der Waals surface area (Å²) in [6.45, 7) is 0.646. The van der Waals surface area contributed by atoms with Crippen molar-refractivity contribution in [1.82, 2.24) is 0 Å². The second kappa shape index (κ2) is 4.83. The van der Waals surface area contributed by atoms with Crippen LogP contribution >= 0.6 is 0 Å². The van der Waals surface area contributed by atoms with Gasteiger partial charge in [0.2, 0.25) is 0 Å². The highest BCUT2D eigenvalue weighted by molar-refractivity contribution is 5.90. The lowest BCUT2D eigenvalue weighted by Crippen LogP contribution is -2.17. The van der Waals surface area contributed by atoms with Crippen molar-refractivity contribution in [3.63, 3.8) is 0 Å². The number of nitrogen functional groups attached to an aromatic ring is 1. The number of hydrogen-bond donors (Lipinski definition) is 2. The first-order valence-corrected chi connectivity index (χ1v) is 5.43. The first-order chi connectivity index (χ1) is 8.58. The van der Waals surface area contributed by atoms with Gasteiger partial charge in [-0.1, -0.05) is 0 Å². The van der Waals surface area contributed by atoms with Gasteiger partial charge in [0.25, 0.3) is 0 Å². The highest BCUT2D eigenvalue weighted by atomic mass is 16.4. The van der Waals surface area contributed by atoms with Crippen LogP contribution in [0.25, 0.3) is 0 Å². The Bertz CT molecular complexity index is 549. The number of nitrogens with two attached hydrogens (primary N) is 1. The van der Waals surface area contributed by atoms with Crippen LogP contribution in [0.1, 0.15) is 15.9 Å². The summed E-state index contributed by atoms with van der Waals surface area (Å²) in [5, 5.41) is 8.86. The van der Waals surface area contributed by atoms with Crippen LogP contribution in [0.3, 0.4) is 0 Å². The van der Waals surface area contributed by atoms with Crippen LogP contribution in [0.15, 0.2) is 41.2 Å². The van der Waals surface area contributed by atoms with Gasteiger partial charge in [0.15, 0.2) is 0 Å². The number of aromatic carboxylic acids is 1. The molecule has 94 valence electrons. The third-order valence-corrected chi connectivity index (χ3v) is 2.69. The number of nitrogens with zero attached hydrogens (tertiary/aromatic N) is 1. The first-order valence-electron chi connectivity index (χ1n) is 5.43.